The van der Waals surface area contributed by atoms with Gasteiger partial charge in [0.15, 0.2) is 23.7 Å². The lowest BCUT2D eigenvalue weighted by molar-refractivity contribution is -0.118. The van der Waals surface area contributed by atoms with Gasteiger partial charge in [0.25, 0.3) is 5.91 Å². The van der Waals surface area contributed by atoms with Gasteiger partial charge in [-0.15, -0.1) is 0 Å². The summed E-state index contributed by atoms with van der Waals surface area (Å²) < 4.78 is 16.3. The average Bonchev–Trinajstić information content (AvgIpc) is 3.29. The third-order valence-electron chi connectivity index (χ3n) is 4.64. The number of carbonyl (C=O) groups is 2. The second-order valence-electron chi connectivity index (χ2n) is 6.96. The number of nitrogens with one attached hydrogen (secondary N) is 2. The van der Waals surface area contributed by atoms with Crippen molar-refractivity contribution in [2.75, 3.05) is 19.0 Å². The molecule has 0 atom stereocenters. The lowest BCUT2D eigenvalue weighted by atomic mass is 10.2. The van der Waals surface area contributed by atoms with E-state index in [9.17, 15) is 9.59 Å². The topological polar surface area (TPSA) is 102 Å². The first-order valence-electron chi connectivity index (χ1n) is 10.1. The number of carbonyl (C=O) groups excluding carboxylic acids is 2. The van der Waals surface area contributed by atoms with Gasteiger partial charge in [-0.1, -0.05) is 30.3 Å². The van der Waals surface area contributed by atoms with E-state index in [1.54, 1.807) is 48.5 Å². The van der Waals surface area contributed by atoms with E-state index in [-0.39, 0.29) is 18.3 Å². The summed E-state index contributed by atoms with van der Waals surface area (Å²) in [6, 6.07) is 23.1. The molecule has 4 rings (SSSR count). The minimum Gasteiger partial charge on any atom is -0.493 e. The SMILES string of the molecule is COc1cccc2cc(C(=O)N/N=C\c3ccc(OCC(=O)Nc4ccccc4)cc3)oc12. The van der Waals surface area contributed by atoms with E-state index < -0.39 is 5.91 Å². The molecule has 1 aromatic heterocycles. The number of rotatable bonds is 8. The smallest absolute Gasteiger partial charge is 0.307 e. The van der Waals surface area contributed by atoms with Gasteiger partial charge in [-0.3, -0.25) is 9.59 Å². The minimum absolute atomic E-state index is 0.110. The van der Waals surface area contributed by atoms with Crippen LogP contribution in [0, 0.1) is 0 Å². The molecule has 33 heavy (non-hydrogen) atoms. The Labute approximate surface area is 189 Å². The Morgan fingerprint density at radius 3 is 2.55 bits per heavy atom. The van der Waals surface area contributed by atoms with Gasteiger partial charge in [0.05, 0.1) is 13.3 Å². The van der Waals surface area contributed by atoms with Crippen molar-refractivity contribution < 1.29 is 23.5 Å². The van der Waals surface area contributed by atoms with Crippen LogP contribution in [0.5, 0.6) is 11.5 Å². The van der Waals surface area contributed by atoms with Crippen molar-refractivity contribution >= 4 is 34.7 Å². The molecule has 166 valence electrons. The van der Waals surface area contributed by atoms with Crippen LogP contribution in [-0.2, 0) is 4.79 Å². The van der Waals surface area contributed by atoms with Gasteiger partial charge in [0.2, 0.25) is 0 Å². The van der Waals surface area contributed by atoms with Gasteiger partial charge < -0.3 is 19.2 Å². The molecule has 0 radical (unpaired) electrons. The number of para-hydroxylation sites is 2. The molecule has 8 nitrogen and oxygen atoms in total. The zero-order valence-electron chi connectivity index (χ0n) is 17.8. The molecule has 0 aliphatic heterocycles. The Kier molecular flexibility index (Phi) is 6.65. The van der Waals surface area contributed by atoms with Crippen molar-refractivity contribution in [2.24, 2.45) is 5.10 Å². The predicted molar refractivity (Wildman–Crippen MR) is 125 cm³/mol. The highest BCUT2D eigenvalue weighted by Gasteiger charge is 2.14. The molecule has 2 N–H and O–H groups in total. The van der Waals surface area contributed by atoms with E-state index in [0.29, 0.717) is 22.8 Å². The van der Waals surface area contributed by atoms with E-state index in [1.807, 2.05) is 30.3 Å². The lowest BCUT2D eigenvalue weighted by Crippen LogP contribution is -2.20. The number of furan rings is 1. The molecule has 2 amide bonds. The number of ether oxygens (including phenoxy) is 2. The zero-order valence-corrected chi connectivity index (χ0v) is 17.8. The number of hydrazone groups is 1. The van der Waals surface area contributed by atoms with Crippen molar-refractivity contribution in [1.82, 2.24) is 5.43 Å². The molecule has 0 saturated carbocycles. The maximum absolute atomic E-state index is 12.3. The van der Waals surface area contributed by atoms with Gasteiger partial charge in [-0.25, -0.2) is 5.43 Å². The van der Waals surface area contributed by atoms with Crippen LogP contribution >= 0.6 is 0 Å². The Morgan fingerprint density at radius 2 is 1.79 bits per heavy atom. The van der Waals surface area contributed by atoms with Crippen molar-refractivity contribution in [3.63, 3.8) is 0 Å². The third kappa shape index (κ3) is 5.56. The Hall–Kier alpha value is -4.59. The minimum atomic E-state index is -0.478. The summed E-state index contributed by atoms with van der Waals surface area (Å²) in [5.74, 6) is 0.487. The zero-order chi connectivity index (χ0) is 23.0. The quantitative estimate of drug-likeness (QED) is 0.314. The highest BCUT2D eigenvalue weighted by Crippen LogP contribution is 2.28. The number of hydrogen-bond donors (Lipinski definition) is 2. The highest BCUT2D eigenvalue weighted by molar-refractivity contribution is 5.97. The van der Waals surface area contributed by atoms with Gasteiger partial charge >= 0.3 is 5.91 Å². The number of nitrogens with zero attached hydrogens (tertiary/aromatic N) is 1. The number of fused-ring (bicyclic) bond motifs is 1. The van der Waals surface area contributed by atoms with Crippen molar-refractivity contribution in [3.05, 3.63) is 90.2 Å². The Bertz CT molecular complexity index is 1280. The van der Waals surface area contributed by atoms with Crippen LogP contribution in [0.15, 0.2) is 88.4 Å². The van der Waals surface area contributed by atoms with E-state index in [1.165, 1.54) is 13.3 Å². The third-order valence-corrected chi connectivity index (χ3v) is 4.64. The van der Waals surface area contributed by atoms with Crippen LogP contribution < -0.4 is 20.2 Å². The van der Waals surface area contributed by atoms with E-state index in [2.05, 4.69) is 15.8 Å². The first-order valence-corrected chi connectivity index (χ1v) is 10.1. The first kappa shape index (κ1) is 21.6. The predicted octanol–water partition coefficient (Wildman–Crippen LogP) is 4.22. The summed E-state index contributed by atoms with van der Waals surface area (Å²) >= 11 is 0. The van der Waals surface area contributed by atoms with Gasteiger partial charge in [0, 0.05) is 11.1 Å². The summed E-state index contributed by atoms with van der Waals surface area (Å²) in [6.07, 6.45) is 1.49. The summed E-state index contributed by atoms with van der Waals surface area (Å²) in [6.45, 7) is -0.110. The van der Waals surface area contributed by atoms with E-state index in [4.69, 9.17) is 13.9 Å². The van der Waals surface area contributed by atoms with Crippen LogP contribution in [0.4, 0.5) is 5.69 Å². The molecule has 0 aliphatic carbocycles. The molecule has 0 bridgehead atoms. The maximum Gasteiger partial charge on any atom is 0.307 e. The molecule has 3 aromatic carbocycles. The molecular formula is C25H21N3O5. The fourth-order valence-corrected chi connectivity index (χ4v) is 3.05. The fourth-order valence-electron chi connectivity index (χ4n) is 3.05. The van der Waals surface area contributed by atoms with Crippen LogP contribution in [0.3, 0.4) is 0 Å². The number of anilines is 1. The maximum atomic E-state index is 12.3. The molecule has 4 aromatic rings. The van der Waals surface area contributed by atoms with Crippen LogP contribution in [-0.4, -0.2) is 31.7 Å². The molecule has 0 unspecified atom stereocenters. The normalized spacial score (nSPS) is 10.8. The Morgan fingerprint density at radius 1 is 1.00 bits per heavy atom. The van der Waals surface area contributed by atoms with Crippen molar-refractivity contribution in [3.8, 4) is 11.5 Å². The van der Waals surface area contributed by atoms with Crippen LogP contribution in [0.2, 0.25) is 0 Å². The van der Waals surface area contributed by atoms with Crippen molar-refractivity contribution in [2.45, 2.75) is 0 Å². The summed E-state index contributed by atoms with van der Waals surface area (Å²) in [4.78, 5) is 24.3. The molecule has 0 aliphatic rings. The standard InChI is InChI=1S/C25H21N3O5/c1-31-21-9-5-6-18-14-22(33-24(18)21)25(30)28-26-15-17-10-12-20(13-11-17)32-16-23(29)27-19-7-3-2-4-8-19/h2-15H,16H2,1H3,(H,27,29)(H,28,30)/b26-15-. The second kappa shape index (κ2) is 10.1. The summed E-state index contributed by atoms with van der Waals surface area (Å²) in [5, 5.41) is 7.47. The lowest BCUT2D eigenvalue weighted by Gasteiger charge is -2.07. The number of methoxy groups -OCH3 is 1. The molecule has 0 spiro atoms. The average molecular weight is 443 g/mol. The largest absolute Gasteiger partial charge is 0.493 e. The van der Waals surface area contributed by atoms with E-state index in [0.717, 1.165) is 10.9 Å². The van der Waals surface area contributed by atoms with E-state index >= 15 is 0 Å². The van der Waals surface area contributed by atoms with Crippen LogP contribution in [0.25, 0.3) is 11.0 Å². The van der Waals surface area contributed by atoms with Gasteiger partial charge in [-0.2, -0.15) is 5.10 Å². The Balaban J connectivity index is 1.28. The number of hydrogen-bond acceptors (Lipinski definition) is 6. The molecule has 8 heteroatoms. The van der Waals surface area contributed by atoms with Crippen molar-refractivity contribution in [1.29, 1.82) is 0 Å². The molecule has 0 saturated heterocycles. The van der Waals surface area contributed by atoms with Crippen LogP contribution in [0.1, 0.15) is 16.1 Å². The summed E-state index contributed by atoms with van der Waals surface area (Å²) in [5.41, 5.74) is 4.39. The second-order valence-corrected chi connectivity index (χ2v) is 6.96. The monoisotopic (exact) mass is 443 g/mol. The molecule has 1 heterocycles. The van der Waals surface area contributed by atoms with Gasteiger partial charge in [-0.05, 0) is 54.1 Å². The number of benzene rings is 3. The number of amides is 2. The highest BCUT2D eigenvalue weighted by atomic mass is 16.5. The first-order chi connectivity index (χ1) is 16.1. The summed E-state index contributed by atoms with van der Waals surface area (Å²) in [7, 11) is 1.54. The van der Waals surface area contributed by atoms with Gasteiger partial charge in [0.1, 0.15) is 5.75 Å². The fraction of sp³-hybridized carbons (Fsp3) is 0.0800. The molecular weight excluding hydrogens is 422 g/mol. The molecule has 0 fully saturated rings.